The predicted octanol–water partition coefficient (Wildman–Crippen LogP) is 0.138. The first-order valence-electron chi connectivity index (χ1n) is 5.70. The van der Waals surface area contributed by atoms with Crippen LogP contribution in [-0.4, -0.2) is 46.2 Å². The van der Waals surface area contributed by atoms with Gasteiger partial charge in [-0.1, -0.05) is 0 Å². The average Bonchev–Trinajstić information content (AvgIpc) is 2.42. The molecule has 0 saturated heterocycles. The zero-order valence-electron chi connectivity index (χ0n) is 10.7. The van der Waals surface area contributed by atoms with Gasteiger partial charge in [0.15, 0.2) is 0 Å². The van der Waals surface area contributed by atoms with Crippen molar-refractivity contribution < 1.29 is 29.3 Å². The lowest BCUT2D eigenvalue weighted by Crippen LogP contribution is -2.41. The number of amides is 1. The molecule has 1 aromatic rings. The highest BCUT2D eigenvalue weighted by molar-refractivity contribution is 5.98. The fourth-order valence-corrected chi connectivity index (χ4v) is 1.49. The van der Waals surface area contributed by atoms with Crippen LogP contribution in [0.4, 0.5) is 0 Å². The van der Waals surface area contributed by atoms with Crippen LogP contribution in [0.25, 0.3) is 0 Å². The number of carboxylic acids is 2. The molecule has 1 rings (SSSR count). The molecule has 0 spiro atoms. The highest BCUT2D eigenvalue weighted by Gasteiger charge is 2.23. The summed E-state index contributed by atoms with van der Waals surface area (Å²) in [4.78, 5) is 37.2. The number of pyridine rings is 1. The van der Waals surface area contributed by atoms with Crippen molar-refractivity contribution >= 4 is 17.8 Å². The van der Waals surface area contributed by atoms with E-state index in [2.05, 4.69) is 10.3 Å². The Kier molecular flexibility index (Phi) is 5.45. The number of aliphatic carboxylic acids is 2. The summed E-state index contributed by atoms with van der Waals surface area (Å²) in [5, 5.41) is 19.7. The lowest BCUT2D eigenvalue weighted by molar-refractivity contribution is -0.140. The smallest absolute Gasteiger partial charge is 0.326 e. The van der Waals surface area contributed by atoms with Gasteiger partial charge in [-0.2, -0.15) is 0 Å². The van der Waals surface area contributed by atoms with Gasteiger partial charge < -0.3 is 20.3 Å². The number of aromatic nitrogens is 1. The Balaban J connectivity index is 2.80. The van der Waals surface area contributed by atoms with E-state index in [9.17, 15) is 14.4 Å². The maximum atomic E-state index is 11.9. The van der Waals surface area contributed by atoms with Crippen molar-refractivity contribution in [1.82, 2.24) is 10.3 Å². The van der Waals surface area contributed by atoms with E-state index in [1.54, 1.807) is 0 Å². The fourth-order valence-electron chi connectivity index (χ4n) is 1.49. The van der Waals surface area contributed by atoms with Gasteiger partial charge in [-0.3, -0.25) is 9.59 Å². The Hall–Kier alpha value is -2.64. The van der Waals surface area contributed by atoms with Crippen LogP contribution in [-0.2, 0) is 9.59 Å². The Labute approximate surface area is 114 Å². The maximum Gasteiger partial charge on any atom is 0.326 e. The van der Waals surface area contributed by atoms with Crippen LogP contribution < -0.4 is 10.1 Å². The minimum Gasteiger partial charge on any atom is -0.481 e. The van der Waals surface area contributed by atoms with Crippen LogP contribution in [0.5, 0.6) is 5.88 Å². The molecule has 0 aliphatic heterocycles. The zero-order chi connectivity index (χ0) is 15.1. The molecule has 0 saturated carbocycles. The van der Waals surface area contributed by atoms with Crippen molar-refractivity contribution in [2.75, 3.05) is 7.11 Å². The number of carbonyl (C=O) groups is 3. The van der Waals surface area contributed by atoms with Gasteiger partial charge in [-0.05, 0) is 18.6 Å². The minimum absolute atomic E-state index is 0.0624. The van der Waals surface area contributed by atoms with Crippen LogP contribution in [0.15, 0.2) is 18.3 Å². The first-order chi connectivity index (χ1) is 9.45. The molecule has 1 amide bonds. The number of carboxylic acid groups (broad SMARTS) is 2. The predicted molar refractivity (Wildman–Crippen MR) is 66.5 cm³/mol. The van der Waals surface area contributed by atoms with Gasteiger partial charge in [-0.25, -0.2) is 9.78 Å². The average molecular weight is 282 g/mol. The summed E-state index contributed by atoms with van der Waals surface area (Å²) >= 11 is 0. The van der Waals surface area contributed by atoms with Crippen molar-refractivity contribution in [2.45, 2.75) is 18.9 Å². The number of rotatable bonds is 7. The number of methoxy groups -OCH3 is 1. The summed E-state index contributed by atoms with van der Waals surface area (Å²) in [5.74, 6) is -3.06. The lowest BCUT2D eigenvalue weighted by Gasteiger charge is -2.14. The summed E-state index contributed by atoms with van der Waals surface area (Å²) in [7, 11) is 1.33. The molecular formula is C12H14N2O6. The van der Waals surface area contributed by atoms with Gasteiger partial charge >= 0.3 is 11.9 Å². The van der Waals surface area contributed by atoms with E-state index in [-0.39, 0.29) is 24.3 Å². The number of carbonyl (C=O) groups excluding carboxylic acids is 1. The second-order valence-corrected chi connectivity index (χ2v) is 3.86. The topological polar surface area (TPSA) is 126 Å². The third-order valence-corrected chi connectivity index (χ3v) is 2.46. The molecule has 8 nitrogen and oxygen atoms in total. The van der Waals surface area contributed by atoms with Gasteiger partial charge in [0.1, 0.15) is 11.6 Å². The van der Waals surface area contributed by atoms with Crippen LogP contribution in [0.2, 0.25) is 0 Å². The molecule has 3 N–H and O–H groups in total. The number of nitrogens with zero attached hydrogens (tertiary/aromatic N) is 1. The summed E-state index contributed by atoms with van der Waals surface area (Å²) in [6, 6.07) is 1.64. The molecule has 0 aromatic carbocycles. The normalized spacial score (nSPS) is 11.4. The molecule has 1 atom stereocenters. The van der Waals surface area contributed by atoms with Crippen molar-refractivity contribution in [3.63, 3.8) is 0 Å². The first-order valence-corrected chi connectivity index (χ1v) is 5.70. The zero-order valence-corrected chi connectivity index (χ0v) is 10.7. The van der Waals surface area contributed by atoms with Crippen molar-refractivity contribution in [1.29, 1.82) is 0 Å². The standard InChI is InChI=1S/C12H14N2O6/c1-20-11-7(3-2-6-13-11)10(17)14-8(12(18)19)4-5-9(15)16/h2-3,6,8H,4-5H2,1H3,(H,14,17)(H,15,16)(H,18,19)/t8-/m0/s1. The Bertz CT molecular complexity index is 516. The molecule has 1 aromatic heterocycles. The summed E-state index contributed by atoms with van der Waals surface area (Å²) in [5.41, 5.74) is 0.0802. The van der Waals surface area contributed by atoms with E-state index < -0.39 is 23.9 Å². The minimum atomic E-state index is -1.30. The highest BCUT2D eigenvalue weighted by Crippen LogP contribution is 2.13. The molecule has 1 heterocycles. The Morgan fingerprint density at radius 1 is 1.40 bits per heavy atom. The molecular weight excluding hydrogens is 268 g/mol. The van der Waals surface area contributed by atoms with Crippen molar-refractivity contribution in [3.8, 4) is 5.88 Å². The van der Waals surface area contributed by atoms with Gasteiger partial charge in [0, 0.05) is 12.6 Å². The highest BCUT2D eigenvalue weighted by atomic mass is 16.5. The second kappa shape index (κ2) is 7.07. The first kappa shape index (κ1) is 15.4. The monoisotopic (exact) mass is 282 g/mol. The molecule has 0 radical (unpaired) electrons. The fraction of sp³-hybridized carbons (Fsp3) is 0.333. The molecule has 0 unspecified atom stereocenters. The van der Waals surface area contributed by atoms with Gasteiger partial charge in [0.25, 0.3) is 5.91 Å². The molecule has 8 heteroatoms. The number of hydrogen-bond acceptors (Lipinski definition) is 5. The third-order valence-electron chi connectivity index (χ3n) is 2.46. The molecule has 0 bridgehead atoms. The second-order valence-electron chi connectivity index (χ2n) is 3.86. The largest absolute Gasteiger partial charge is 0.481 e. The Morgan fingerprint density at radius 3 is 2.65 bits per heavy atom. The van der Waals surface area contributed by atoms with Crippen LogP contribution in [0.1, 0.15) is 23.2 Å². The molecule has 0 aliphatic rings. The van der Waals surface area contributed by atoms with E-state index in [0.717, 1.165) is 0 Å². The molecule has 0 fully saturated rings. The van der Waals surface area contributed by atoms with E-state index >= 15 is 0 Å². The van der Waals surface area contributed by atoms with E-state index in [4.69, 9.17) is 14.9 Å². The molecule has 108 valence electrons. The number of hydrogen-bond donors (Lipinski definition) is 3. The van der Waals surface area contributed by atoms with Crippen LogP contribution in [0, 0.1) is 0 Å². The van der Waals surface area contributed by atoms with Crippen molar-refractivity contribution in [3.05, 3.63) is 23.9 Å². The quantitative estimate of drug-likeness (QED) is 0.649. The van der Waals surface area contributed by atoms with Gasteiger partial charge in [0.2, 0.25) is 5.88 Å². The Morgan fingerprint density at radius 2 is 2.10 bits per heavy atom. The number of ether oxygens (including phenoxy) is 1. The SMILES string of the molecule is COc1ncccc1C(=O)N[C@@H](CCC(=O)O)C(=O)O. The van der Waals surface area contributed by atoms with E-state index in [1.807, 2.05) is 0 Å². The summed E-state index contributed by atoms with van der Waals surface area (Å²) in [6.45, 7) is 0. The summed E-state index contributed by atoms with van der Waals surface area (Å²) < 4.78 is 4.89. The van der Waals surface area contributed by atoms with Gasteiger partial charge in [0.05, 0.1) is 7.11 Å². The molecule has 0 aliphatic carbocycles. The number of nitrogens with one attached hydrogen (secondary N) is 1. The third kappa shape index (κ3) is 4.23. The van der Waals surface area contributed by atoms with Crippen molar-refractivity contribution in [2.24, 2.45) is 0 Å². The maximum absolute atomic E-state index is 11.9. The van der Waals surface area contributed by atoms with Gasteiger partial charge in [-0.15, -0.1) is 0 Å². The molecule has 20 heavy (non-hydrogen) atoms. The summed E-state index contributed by atoms with van der Waals surface area (Å²) in [6.07, 6.45) is 0.856. The van der Waals surface area contributed by atoms with E-state index in [0.29, 0.717) is 0 Å². The lowest BCUT2D eigenvalue weighted by atomic mass is 10.1. The van der Waals surface area contributed by atoms with Crippen LogP contribution >= 0.6 is 0 Å². The van der Waals surface area contributed by atoms with E-state index in [1.165, 1.54) is 25.4 Å². The van der Waals surface area contributed by atoms with Crippen LogP contribution in [0.3, 0.4) is 0 Å².